The smallest absolute Gasteiger partial charge is 0.244 e. The van der Waals surface area contributed by atoms with Crippen molar-refractivity contribution in [2.24, 2.45) is 0 Å². The molecule has 0 aromatic heterocycles. The fraction of sp³-hybridized carbons (Fsp3) is 0.333. The normalized spacial score (nSPS) is 12.9. The molecule has 0 aliphatic carbocycles. The molecule has 3 N–H and O–H groups in total. The van der Waals surface area contributed by atoms with Gasteiger partial charge >= 0.3 is 0 Å². The fourth-order valence-electron chi connectivity index (χ4n) is 1.47. The maximum absolute atomic E-state index is 13.5. The minimum Gasteiger partial charge on any atom is -0.396 e. The zero-order valence-corrected chi connectivity index (χ0v) is 11.1. The van der Waals surface area contributed by atoms with Crippen LogP contribution in [0.2, 0.25) is 0 Å². The Kier molecular flexibility index (Phi) is 4.86. The molecule has 4 nitrogen and oxygen atoms in total. The van der Waals surface area contributed by atoms with Gasteiger partial charge in [0.05, 0.1) is 11.7 Å². The van der Waals surface area contributed by atoms with Crippen molar-refractivity contribution in [2.75, 3.05) is 5.73 Å². The number of hydrogen-bond acceptors (Lipinski definition) is 3. The average Bonchev–Trinajstić information content (AvgIpc) is 2.32. The van der Waals surface area contributed by atoms with Crippen LogP contribution in [0.3, 0.4) is 0 Å². The lowest BCUT2D eigenvalue weighted by atomic mass is 10.2. The summed E-state index contributed by atoms with van der Waals surface area (Å²) in [6.07, 6.45) is 6.25. The van der Waals surface area contributed by atoms with E-state index in [1.807, 2.05) is 6.92 Å². The van der Waals surface area contributed by atoms with E-state index >= 15 is 0 Å². The molecule has 1 rings (SSSR count). The quantitative estimate of drug-likeness (QED) is 0.639. The lowest BCUT2D eigenvalue weighted by Crippen LogP contribution is -2.34. The van der Waals surface area contributed by atoms with Gasteiger partial charge in [-0.3, -0.25) is 0 Å². The van der Waals surface area contributed by atoms with Gasteiger partial charge in [-0.1, -0.05) is 19.3 Å². The van der Waals surface area contributed by atoms with E-state index in [0.29, 0.717) is 18.9 Å². The van der Waals surface area contributed by atoms with E-state index < -0.39 is 38.3 Å². The molecule has 0 spiro atoms. The van der Waals surface area contributed by atoms with Crippen molar-refractivity contribution >= 4 is 15.7 Å². The van der Waals surface area contributed by atoms with Gasteiger partial charge in [-0.15, -0.1) is 6.42 Å². The van der Waals surface area contributed by atoms with Crippen LogP contribution in [0.5, 0.6) is 0 Å². The molecule has 0 saturated heterocycles. The average molecular weight is 288 g/mol. The van der Waals surface area contributed by atoms with Crippen LogP contribution in [-0.2, 0) is 10.0 Å². The third-order valence-electron chi connectivity index (χ3n) is 2.42. The first-order valence-corrected chi connectivity index (χ1v) is 7.03. The van der Waals surface area contributed by atoms with Crippen LogP contribution >= 0.6 is 0 Å². The highest BCUT2D eigenvalue weighted by atomic mass is 32.2. The Balaban J connectivity index is 3.14. The Morgan fingerprint density at radius 1 is 1.42 bits per heavy atom. The van der Waals surface area contributed by atoms with E-state index in [9.17, 15) is 17.2 Å². The zero-order chi connectivity index (χ0) is 14.6. The Bertz CT molecular complexity index is 609. The Labute approximate surface area is 111 Å². The lowest BCUT2D eigenvalue weighted by Gasteiger charge is -2.13. The molecule has 0 aliphatic rings. The predicted octanol–water partition coefficient (Wildman–Crippen LogP) is 1.63. The monoisotopic (exact) mass is 288 g/mol. The molecule has 0 heterocycles. The highest BCUT2D eigenvalue weighted by Gasteiger charge is 2.23. The predicted molar refractivity (Wildman–Crippen MR) is 68.6 cm³/mol. The molecule has 0 bridgehead atoms. The molecule has 19 heavy (non-hydrogen) atoms. The molecule has 104 valence electrons. The van der Waals surface area contributed by atoms with Gasteiger partial charge in [0.25, 0.3) is 0 Å². The summed E-state index contributed by atoms with van der Waals surface area (Å²) < 4.78 is 52.5. The number of hydrogen-bond donors (Lipinski definition) is 2. The maximum atomic E-state index is 13.5. The molecule has 1 atom stereocenters. The topological polar surface area (TPSA) is 72.2 Å². The van der Waals surface area contributed by atoms with Crippen molar-refractivity contribution in [1.29, 1.82) is 0 Å². The number of nitrogens with one attached hydrogen (secondary N) is 1. The summed E-state index contributed by atoms with van der Waals surface area (Å²) in [5.41, 5.74) is 4.78. The first-order chi connectivity index (χ1) is 8.81. The van der Waals surface area contributed by atoms with Crippen molar-refractivity contribution in [1.82, 2.24) is 4.72 Å². The van der Waals surface area contributed by atoms with Gasteiger partial charge in [0.15, 0.2) is 0 Å². The van der Waals surface area contributed by atoms with Gasteiger partial charge in [0.2, 0.25) is 10.0 Å². The maximum Gasteiger partial charge on any atom is 0.244 e. The number of halogens is 2. The van der Waals surface area contributed by atoms with Crippen LogP contribution < -0.4 is 10.5 Å². The summed E-state index contributed by atoms with van der Waals surface area (Å²) in [6, 6.07) is 0.405. The highest BCUT2D eigenvalue weighted by molar-refractivity contribution is 7.89. The highest BCUT2D eigenvalue weighted by Crippen LogP contribution is 2.21. The van der Waals surface area contributed by atoms with E-state index in [1.54, 1.807) is 0 Å². The zero-order valence-electron chi connectivity index (χ0n) is 10.3. The Hall–Kier alpha value is -1.65. The summed E-state index contributed by atoms with van der Waals surface area (Å²) in [7, 11) is -4.18. The molecule has 1 unspecified atom stereocenters. The van der Waals surface area contributed by atoms with Crippen LogP contribution in [0, 0.1) is 24.0 Å². The van der Waals surface area contributed by atoms with Crippen molar-refractivity contribution in [3.8, 4) is 12.3 Å². The minimum atomic E-state index is -4.18. The van der Waals surface area contributed by atoms with Crippen LogP contribution in [0.25, 0.3) is 0 Å². The van der Waals surface area contributed by atoms with Gasteiger partial charge < -0.3 is 5.73 Å². The summed E-state index contributed by atoms with van der Waals surface area (Å²) in [5, 5.41) is 0. The van der Waals surface area contributed by atoms with Crippen molar-refractivity contribution in [3.63, 3.8) is 0 Å². The standard InChI is InChI=1S/C12H14F2N2O2S/c1-3-5-8(4-2)16-19(17,18)12-7-11(15)9(13)6-10(12)14/h2,6-8,16H,3,5,15H2,1H3. The number of anilines is 1. The van der Waals surface area contributed by atoms with Gasteiger partial charge in [-0.05, 0) is 12.5 Å². The van der Waals surface area contributed by atoms with Gasteiger partial charge in [-0.2, -0.15) is 4.72 Å². The third kappa shape index (κ3) is 3.66. The molecule has 0 radical (unpaired) electrons. The second-order valence-corrected chi connectivity index (χ2v) is 5.62. The number of nitrogen functional groups attached to an aromatic ring is 1. The Morgan fingerprint density at radius 2 is 2.05 bits per heavy atom. The van der Waals surface area contributed by atoms with E-state index in [1.165, 1.54) is 0 Å². The van der Waals surface area contributed by atoms with Crippen molar-refractivity contribution < 1.29 is 17.2 Å². The molecule has 0 saturated carbocycles. The Morgan fingerprint density at radius 3 is 2.58 bits per heavy atom. The molecule has 1 aromatic rings. The minimum absolute atomic E-state index is 0.411. The molecule has 0 amide bonds. The van der Waals surface area contributed by atoms with Crippen molar-refractivity contribution in [2.45, 2.75) is 30.7 Å². The van der Waals surface area contributed by atoms with Gasteiger partial charge in [0.1, 0.15) is 16.5 Å². The van der Waals surface area contributed by atoms with E-state index in [-0.39, 0.29) is 0 Å². The molecule has 7 heteroatoms. The van der Waals surface area contributed by atoms with Gasteiger partial charge in [-0.25, -0.2) is 17.2 Å². The van der Waals surface area contributed by atoms with E-state index in [4.69, 9.17) is 12.2 Å². The molecule has 1 aromatic carbocycles. The number of sulfonamides is 1. The number of nitrogens with two attached hydrogens (primary N) is 1. The molecular formula is C12H14F2N2O2S. The SMILES string of the molecule is C#CC(CCC)NS(=O)(=O)c1cc(N)c(F)cc1F. The second-order valence-electron chi connectivity index (χ2n) is 3.93. The second kappa shape index (κ2) is 5.99. The van der Waals surface area contributed by atoms with Crippen LogP contribution in [-0.4, -0.2) is 14.5 Å². The molecule has 0 aliphatic heterocycles. The molecular weight excluding hydrogens is 274 g/mol. The lowest BCUT2D eigenvalue weighted by molar-refractivity contribution is 0.537. The van der Waals surface area contributed by atoms with Crippen LogP contribution in [0.1, 0.15) is 19.8 Å². The van der Waals surface area contributed by atoms with E-state index in [0.717, 1.165) is 6.07 Å². The summed E-state index contributed by atoms with van der Waals surface area (Å²) in [6.45, 7) is 1.83. The summed E-state index contributed by atoms with van der Waals surface area (Å²) >= 11 is 0. The summed E-state index contributed by atoms with van der Waals surface area (Å²) in [4.78, 5) is -0.720. The largest absolute Gasteiger partial charge is 0.396 e. The third-order valence-corrected chi connectivity index (χ3v) is 3.90. The first-order valence-electron chi connectivity index (χ1n) is 5.54. The van der Waals surface area contributed by atoms with Gasteiger partial charge in [0, 0.05) is 6.07 Å². The summed E-state index contributed by atoms with van der Waals surface area (Å²) in [5.74, 6) is 0.0248. The number of terminal acetylenes is 1. The first kappa shape index (κ1) is 15.4. The number of rotatable bonds is 5. The van der Waals surface area contributed by atoms with Crippen LogP contribution in [0.4, 0.5) is 14.5 Å². The fourth-order valence-corrected chi connectivity index (χ4v) is 2.75. The van der Waals surface area contributed by atoms with E-state index in [2.05, 4.69) is 10.6 Å². The molecule has 0 fully saturated rings. The van der Waals surface area contributed by atoms with Crippen molar-refractivity contribution in [3.05, 3.63) is 23.8 Å². The van der Waals surface area contributed by atoms with Crippen LogP contribution in [0.15, 0.2) is 17.0 Å². The number of benzene rings is 1.